The summed E-state index contributed by atoms with van der Waals surface area (Å²) in [6.45, 7) is 0.155. The Bertz CT molecular complexity index is 934. The van der Waals surface area contributed by atoms with Gasteiger partial charge >= 0.3 is 6.18 Å². The van der Waals surface area contributed by atoms with Gasteiger partial charge in [0, 0.05) is 11.8 Å². The van der Waals surface area contributed by atoms with Gasteiger partial charge in [0.2, 0.25) is 0 Å². The maximum atomic E-state index is 12.8. The van der Waals surface area contributed by atoms with Crippen LogP contribution in [0.4, 0.5) is 18.9 Å². The standard InChI is InChI=1S/C19H16F3N3O2/c1-27-17-7-5-14(6-8-17)18(26)24-16-10-23-25(12-16)11-13-3-2-4-15(9-13)19(20,21)22/h2-10,12H,11H2,1H3,(H,24,26). The van der Waals surface area contributed by atoms with Crippen LogP contribution in [-0.4, -0.2) is 22.8 Å². The predicted octanol–water partition coefficient (Wildman–Crippen LogP) is 4.21. The molecule has 8 heteroatoms. The summed E-state index contributed by atoms with van der Waals surface area (Å²) in [6, 6.07) is 11.6. The van der Waals surface area contributed by atoms with Gasteiger partial charge in [0.05, 0.1) is 31.1 Å². The number of alkyl halides is 3. The summed E-state index contributed by atoms with van der Waals surface area (Å²) in [5.41, 5.74) is 0.644. The molecule has 1 heterocycles. The number of anilines is 1. The molecule has 0 radical (unpaired) electrons. The van der Waals surface area contributed by atoms with Gasteiger partial charge in [-0.25, -0.2) is 0 Å². The molecule has 0 aliphatic rings. The number of hydrogen-bond acceptors (Lipinski definition) is 3. The van der Waals surface area contributed by atoms with Gasteiger partial charge in [-0.1, -0.05) is 12.1 Å². The van der Waals surface area contributed by atoms with Crippen LogP contribution < -0.4 is 10.1 Å². The zero-order chi connectivity index (χ0) is 19.4. The van der Waals surface area contributed by atoms with Crippen molar-refractivity contribution in [2.24, 2.45) is 0 Å². The number of rotatable bonds is 5. The summed E-state index contributed by atoms with van der Waals surface area (Å²) in [5.74, 6) is 0.316. The lowest BCUT2D eigenvalue weighted by molar-refractivity contribution is -0.137. The highest BCUT2D eigenvalue weighted by atomic mass is 19.4. The Balaban J connectivity index is 1.67. The van der Waals surface area contributed by atoms with Crippen molar-refractivity contribution >= 4 is 11.6 Å². The van der Waals surface area contributed by atoms with Crippen LogP contribution in [0.1, 0.15) is 21.5 Å². The first-order valence-corrected chi connectivity index (χ1v) is 7.99. The fourth-order valence-electron chi connectivity index (χ4n) is 2.49. The summed E-state index contributed by atoms with van der Waals surface area (Å²) in [6.07, 6.45) is -1.39. The summed E-state index contributed by atoms with van der Waals surface area (Å²) in [4.78, 5) is 12.2. The first-order chi connectivity index (χ1) is 12.8. The van der Waals surface area contributed by atoms with Gasteiger partial charge in [-0.3, -0.25) is 9.48 Å². The van der Waals surface area contributed by atoms with Crippen molar-refractivity contribution in [1.82, 2.24) is 9.78 Å². The molecule has 0 saturated heterocycles. The van der Waals surface area contributed by atoms with Gasteiger partial charge < -0.3 is 10.1 Å². The zero-order valence-electron chi connectivity index (χ0n) is 14.3. The van der Waals surface area contributed by atoms with Crippen molar-refractivity contribution in [2.45, 2.75) is 12.7 Å². The maximum absolute atomic E-state index is 12.8. The Morgan fingerprint density at radius 3 is 2.59 bits per heavy atom. The minimum Gasteiger partial charge on any atom is -0.497 e. The van der Waals surface area contributed by atoms with Gasteiger partial charge in [0.15, 0.2) is 0 Å². The van der Waals surface area contributed by atoms with E-state index in [1.165, 1.54) is 24.1 Å². The maximum Gasteiger partial charge on any atom is 0.416 e. The molecule has 0 aliphatic heterocycles. The number of aromatic nitrogens is 2. The van der Waals surface area contributed by atoms with E-state index in [1.807, 2.05) is 0 Å². The molecule has 3 aromatic rings. The number of amides is 1. The lowest BCUT2D eigenvalue weighted by atomic mass is 10.1. The molecule has 2 aromatic carbocycles. The third-order valence-electron chi connectivity index (χ3n) is 3.84. The number of nitrogens with zero attached hydrogens (tertiary/aromatic N) is 2. The Labute approximate surface area is 153 Å². The molecule has 1 amide bonds. The molecule has 5 nitrogen and oxygen atoms in total. The second-order valence-electron chi connectivity index (χ2n) is 5.81. The van der Waals surface area contributed by atoms with Crippen LogP contribution in [0.2, 0.25) is 0 Å². The molecular weight excluding hydrogens is 359 g/mol. The third-order valence-corrected chi connectivity index (χ3v) is 3.84. The average molecular weight is 375 g/mol. The highest BCUT2D eigenvalue weighted by Gasteiger charge is 2.30. The van der Waals surface area contributed by atoms with E-state index in [2.05, 4.69) is 10.4 Å². The molecule has 1 aromatic heterocycles. The number of halogens is 3. The van der Waals surface area contributed by atoms with Gasteiger partial charge in [0.1, 0.15) is 5.75 Å². The van der Waals surface area contributed by atoms with Crippen LogP contribution >= 0.6 is 0 Å². The fourth-order valence-corrected chi connectivity index (χ4v) is 2.49. The van der Waals surface area contributed by atoms with E-state index in [0.29, 0.717) is 22.6 Å². The Morgan fingerprint density at radius 2 is 1.93 bits per heavy atom. The van der Waals surface area contributed by atoms with E-state index < -0.39 is 11.7 Å². The van der Waals surface area contributed by atoms with Crippen LogP contribution in [0.15, 0.2) is 60.9 Å². The molecule has 0 atom stereocenters. The van der Waals surface area contributed by atoms with Gasteiger partial charge in [-0.15, -0.1) is 0 Å². The molecule has 140 valence electrons. The topological polar surface area (TPSA) is 56.1 Å². The molecule has 27 heavy (non-hydrogen) atoms. The number of benzene rings is 2. The molecule has 0 unspecified atom stereocenters. The molecule has 0 bridgehead atoms. The van der Waals surface area contributed by atoms with Crippen molar-refractivity contribution < 1.29 is 22.7 Å². The lowest BCUT2D eigenvalue weighted by Crippen LogP contribution is -2.11. The van der Waals surface area contributed by atoms with E-state index in [1.54, 1.807) is 36.5 Å². The highest BCUT2D eigenvalue weighted by molar-refractivity contribution is 6.04. The molecule has 0 saturated carbocycles. The van der Waals surface area contributed by atoms with Crippen molar-refractivity contribution in [3.63, 3.8) is 0 Å². The largest absolute Gasteiger partial charge is 0.497 e. The van der Waals surface area contributed by atoms with Gasteiger partial charge in [-0.2, -0.15) is 18.3 Å². The Kier molecular flexibility index (Phi) is 5.16. The molecule has 0 fully saturated rings. The minimum absolute atomic E-state index is 0.155. The Morgan fingerprint density at radius 1 is 1.19 bits per heavy atom. The van der Waals surface area contributed by atoms with Crippen LogP contribution in [0.25, 0.3) is 0 Å². The quantitative estimate of drug-likeness (QED) is 0.727. The second-order valence-corrected chi connectivity index (χ2v) is 5.81. The van der Waals surface area contributed by atoms with E-state index in [-0.39, 0.29) is 12.5 Å². The van der Waals surface area contributed by atoms with Crippen LogP contribution in [-0.2, 0) is 12.7 Å². The molecule has 3 rings (SSSR count). The number of nitrogens with one attached hydrogen (secondary N) is 1. The SMILES string of the molecule is COc1ccc(C(=O)Nc2cnn(Cc3cccc(C(F)(F)F)c3)c2)cc1. The van der Waals surface area contributed by atoms with E-state index in [9.17, 15) is 18.0 Å². The normalized spacial score (nSPS) is 11.3. The summed E-state index contributed by atoms with van der Waals surface area (Å²) in [5, 5.41) is 6.77. The smallest absolute Gasteiger partial charge is 0.416 e. The highest BCUT2D eigenvalue weighted by Crippen LogP contribution is 2.29. The van der Waals surface area contributed by atoms with Crippen LogP contribution in [0.5, 0.6) is 5.75 Å². The third kappa shape index (κ3) is 4.66. The number of hydrogen-bond donors (Lipinski definition) is 1. The van der Waals surface area contributed by atoms with Crippen molar-refractivity contribution in [2.75, 3.05) is 12.4 Å². The molecule has 0 aliphatic carbocycles. The van der Waals surface area contributed by atoms with E-state index >= 15 is 0 Å². The average Bonchev–Trinajstić information content (AvgIpc) is 3.08. The number of methoxy groups -OCH3 is 1. The van der Waals surface area contributed by atoms with Gasteiger partial charge in [0.25, 0.3) is 5.91 Å². The van der Waals surface area contributed by atoms with Crippen LogP contribution in [0, 0.1) is 0 Å². The fraction of sp³-hybridized carbons (Fsp3) is 0.158. The second kappa shape index (κ2) is 7.53. The van der Waals surface area contributed by atoms with Crippen molar-refractivity contribution in [3.05, 3.63) is 77.6 Å². The predicted molar refractivity (Wildman–Crippen MR) is 93.7 cm³/mol. The number of ether oxygens (including phenoxy) is 1. The number of carbonyl (C=O) groups is 1. The van der Waals surface area contributed by atoms with Crippen LogP contribution in [0.3, 0.4) is 0 Å². The van der Waals surface area contributed by atoms with E-state index in [0.717, 1.165) is 12.1 Å². The summed E-state index contributed by atoms with van der Waals surface area (Å²) < 4.78 is 44.9. The van der Waals surface area contributed by atoms with Crippen molar-refractivity contribution in [3.8, 4) is 5.75 Å². The van der Waals surface area contributed by atoms with Gasteiger partial charge in [-0.05, 0) is 42.0 Å². The molecule has 1 N–H and O–H groups in total. The zero-order valence-corrected chi connectivity index (χ0v) is 14.3. The monoisotopic (exact) mass is 375 g/mol. The van der Waals surface area contributed by atoms with E-state index in [4.69, 9.17) is 4.74 Å². The number of carbonyl (C=O) groups excluding carboxylic acids is 1. The lowest BCUT2D eigenvalue weighted by Gasteiger charge is -2.08. The molecule has 0 spiro atoms. The minimum atomic E-state index is -4.39. The summed E-state index contributed by atoms with van der Waals surface area (Å²) in [7, 11) is 1.54. The molecular formula is C19H16F3N3O2. The first-order valence-electron chi connectivity index (χ1n) is 7.99. The summed E-state index contributed by atoms with van der Waals surface area (Å²) >= 11 is 0. The first kappa shape index (κ1) is 18.5. The Hall–Kier alpha value is -3.29. The van der Waals surface area contributed by atoms with Crippen molar-refractivity contribution in [1.29, 1.82) is 0 Å².